The highest BCUT2D eigenvalue weighted by atomic mass is 32.1. The van der Waals surface area contributed by atoms with Gasteiger partial charge < -0.3 is 14.7 Å². The summed E-state index contributed by atoms with van der Waals surface area (Å²) in [7, 11) is 0. The van der Waals surface area contributed by atoms with Crippen LogP contribution in [0.25, 0.3) is 0 Å². The summed E-state index contributed by atoms with van der Waals surface area (Å²) in [5.74, 6) is -0.0573. The molecule has 0 unspecified atom stereocenters. The summed E-state index contributed by atoms with van der Waals surface area (Å²) in [5.41, 5.74) is 0.125. The van der Waals surface area contributed by atoms with Crippen molar-refractivity contribution in [2.45, 2.75) is 69.9 Å². The van der Waals surface area contributed by atoms with Gasteiger partial charge in [-0.25, -0.2) is 9.37 Å². The van der Waals surface area contributed by atoms with E-state index < -0.39 is 5.60 Å². The zero-order valence-electron chi connectivity index (χ0n) is 17.2. The topological polar surface area (TPSA) is 45.6 Å². The summed E-state index contributed by atoms with van der Waals surface area (Å²) in [6.45, 7) is 4.42. The second-order valence-corrected chi connectivity index (χ2v) is 9.50. The lowest BCUT2D eigenvalue weighted by Gasteiger charge is -2.28. The molecule has 6 heteroatoms. The van der Waals surface area contributed by atoms with Crippen molar-refractivity contribution in [3.8, 4) is 5.75 Å². The van der Waals surface area contributed by atoms with Crippen molar-refractivity contribution >= 4 is 11.3 Å². The Labute approximate surface area is 176 Å². The maximum Gasteiger partial charge on any atom is 0.165 e. The van der Waals surface area contributed by atoms with E-state index in [4.69, 9.17) is 9.72 Å². The van der Waals surface area contributed by atoms with Gasteiger partial charge in [0.1, 0.15) is 10.6 Å². The summed E-state index contributed by atoms with van der Waals surface area (Å²) >= 11 is 1.59. The standard InChI is InChI=1S/C23H31FN2O2S/c1-17-21(11-16-28-20-10-5-4-9-19(20)24)29-22(25-17)23(27)12-6-14-26(15-13-23)18-7-2-3-8-18/h4-5,9-10,18,27H,2-3,6-8,11-16H2,1H3/t23-/m1/s1. The molecule has 4 rings (SSSR count). The van der Waals surface area contributed by atoms with Crippen molar-refractivity contribution in [2.24, 2.45) is 0 Å². The number of halogens is 1. The molecule has 4 nitrogen and oxygen atoms in total. The number of hydrogen-bond donors (Lipinski definition) is 1. The summed E-state index contributed by atoms with van der Waals surface area (Å²) in [5, 5.41) is 12.2. The molecular formula is C23H31FN2O2S. The molecule has 2 aromatic rings. The average Bonchev–Trinajstić information content (AvgIpc) is 3.32. The van der Waals surface area contributed by atoms with Crippen LogP contribution >= 0.6 is 11.3 Å². The van der Waals surface area contributed by atoms with Gasteiger partial charge in [0, 0.05) is 23.9 Å². The summed E-state index contributed by atoms with van der Waals surface area (Å²) < 4.78 is 19.3. The Kier molecular flexibility index (Phi) is 6.52. The van der Waals surface area contributed by atoms with Gasteiger partial charge in [0.15, 0.2) is 11.6 Å². The molecule has 1 atom stereocenters. The lowest BCUT2D eigenvalue weighted by atomic mass is 9.96. The molecule has 29 heavy (non-hydrogen) atoms. The van der Waals surface area contributed by atoms with Gasteiger partial charge in [0.25, 0.3) is 0 Å². The molecule has 1 aromatic heterocycles. The molecule has 2 aliphatic rings. The average molecular weight is 419 g/mol. The Balaban J connectivity index is 1.38. The summed E-state index contributed by atoms with van der Waals surface area (Å²) in [4.78, 5) is 8.44. The van der Waals surface area contributed by atoms with Gasteiger partial charge in [-0.05, 0) is 57.7 Å². The molecule has 0 radical (unpaired) electrons. The van der Waals surface area contributed by atoms with Gasteiger partial charge in [0.2, 0.25) is 0 Å². The first-order chi connectivity index (χ1) is 14.0. The number of hydrogen-bond acceptors (Lipinski definition) is 5. The highest BCUT2D eigenvalue weighted by Crippen LogP contribution is 2.38. The van der Waals surface area contributed by atoms with Gasteiger partial charge in [-0.15, -0.1) is 11.3 Å². The highest BCUT2D eigenvalue weighted by molar-refractivity contribution is 7.11. The molecule has 0 bridgehead atoms. The molecule has 158 valence electrons. The van der Waals surface area contributed by atoms with Gasteiger partial charge in [-0.3, -0.25) is 0 Å². The van der Waals surface area contributed by atoms with Crippen LogP contribution in [0.1, 0.15) is 60.5 Å². The van der Waals surface area contributed by atoms with E-state index in [9.17, 15) is 9.50 Å². The largest absolute Gasteiger partial charge is 0.490 e. The molecule has 2 fully saturated rings. The van der Waals surface area contributed by atoms with E-state index in [-0.39, 0.29) is 11.6 Å². The van der Waals surface area contributed by atoms with Crippen molar-refractivity contribution in [1.82, 2.24) is 9.88 Å². The second-order valence-electron chi connectivity index (χ2n) is 8.42. The molecule has 1 saturated carbocycles. The number of likely N-dealkylation sites (tertiary alicyclic amines) is 1. The monoisotopic (exact) mass is 418 g/mol. The van der Waals surface area contributed by atoms with Crippen LogP contribution in [0, 0.1) is 12.7 Å². The predicted molar refractivity (Wildman–Crippen MR) is 114 cm³/mol. The molecule has 1 saturated heterocycles. The zero-order valence-corrected chi connectivity index (χ0v) is 18.0. The fraction of sp³-hybridized carbons (Fsp3) is 0.609. The number of rotatable bonds is 6. The van der Waals surface area contributed by atoms with Gasteiger partial charge in [0.05, 0.1) is 12.3 Å². The van der Waals surface area contributed by atoms with Crippen molar-refractivity contribution in [3.05, 3.63) is 45.7 Å². The van der Waals surface area contributed by atoms with Gasteiger partial charge >= 0.3 is 0 Å². The Morgan fingerprint density at radius 3 is 2.79 bits per heavy atom. The first-order valence-corrected chi connectivity index (χ1v) is 11.7. The van der Waals surface area contributed by atoms with Crippen LogP contribution in [-0.2, 0) is 12.0 Å². The first-order valence-electron chi connectivity index (χ1n) is 10.9. The molecule has 1 N–H and O–H groups in total. The molecule has 0 spiro atoms. The van der Waals surface area contributed by atoms with E-state index in [1.54, 1.807) is 29.5 Å². The van der Waals surface area contributed by atoms with Crippen LogP contribution in [0.15, 0.2) is 24.3 Å². The maximum absolute atomic E-state index is 13.7. The third-order valence-electron chi connectivity index (χ3n) is 6.40. The molecule has 1 aromatic carbocycles. The van der Waals surface area contributed by atoms with Gasteiger partial charge in [-0.2, -0.15) is 0 Å². The molecular weight excluding hydrogens is 387 g/mol. The summed E-state index contributed by atoms with van der Waals surface area (Å²) in [6.07, 6.45) is 8.50. The van der Waals surface area contributed by atoms with E-state index in [1.807, 2.05) is 6.92 Å². The second kappa shape index (κ2) is 9.11. The lowest BCUT2D eigenvalue weighted by molar-refractivity contribution is 0.0196. The van der Waals surface area contributed by atoms with E-state index in [1.165, 1.54) is 31.7 Å². The third-order valence-corrected chi connectivity index (χ3v) is 7.81. The zero-order chi connectivity index (χ0) is 20.3. The fourth-order valence-electron chi connectivity index (χ4n) is 4.66. The predicted octanol–water partition coefficient (Wildman–Crippen LogP) is 4.83. The number of benzene rings is 1. The number of ether oxygens (including phenoxy) is 1. The third kappa shape index (κ3) is 4.81. The smallest absolute Gasteiger partial charge is 0.165 e. The number of nitrogens with zero attached hydrogens (tertiary/aromatic N) is 2. The van der Waals surface area contributed by atoms with Crippen LogP contribution in [0.2, 0.25) is 0 Å². The minimum Gasteiger partial charge on any atom is -0.490 e. The van der Waals surface area contributed by atoms with E-state index in [2.05, 4.69) is 4.90 Å². The van der Waals surface area contributed by atoms with E-state index in [0.717, 1.165) is 47.9 Å². The highest BCUT2D eigenvalue weighted by Gasteiger charge is 2.37. The van der Waals surface area contributed by atoms with Crippen LogP contribution in [-0.4, -0.2) is 40.7 Å². The first kappa shape index (κ1) is 20.8. The SMILES string of the molecule is Cc1nc([C@@]2(O)CCCN(C3CCCC3)CC2)sc1CCOc1ccccc1F. The normalized spacial score (nSPS) is 24.0. The molecule has 1 aliphatic heterocycles. The number of aromatic nitrogens is 1. The van der Waals surface area contributed by atoms with E-state index >= 15 is 0 Å². The van der Waals surface area contributed by atoms with E-state index in [0.29, 0.717) is 19.1 Å². The summed E-state index contributed by atoms with van der Waals surface area (Å²) in [6, 6.07) is 7.18. The Hall–Kier alpha value is -1.50. The number of thiazole rings is 1. The molecule has 2 heterocycles. The van der Waals surface area contributed by atoms with Crippen molar-refractivity contribution in [3.63, 3.8) is 0 Å². The number of aryl methyl sites for hydroxylation is 1. The maximum atomic E-state index is 13.7. The quantitative estimate of drug-likeness (QED) is 0.730. The number of para-hydroxylation sites is 1. The Morgan fingerprint density at radius 1 is 1.21 bits per heavy atom. The Bertz CT molecular complexity index is 821. The van der Waals surface area contributed by atoms with Gasteiger partial charge in [-0.1, -0.05) is 25.0 Å². The van der Waals surface area contributed by atoms with Crippen molar-refractivity contribution in [2.75, 3.05) is 19.7 Å². The number of aliphatic hydroxyl groups is 1. The minimum absolute atomic E-state index is 0.282. The molecule has 1 aliphatic carbocycles. The minimum atomic E-state index is -0.826. The van der Waals surface area contributed by atoms with Crippen molar-refractivity contribution < 1.29 is 14.2 Å². The fourth-order valence-corrected chi connectivity index (χ4v) is 5.85. The van der Waals surface area contributed by atoms with Crippen molar-refractivity contribution in [1.29, 1.82) is 0 Å². The van der Waals surface area contributed by atoms with Crippen LogP contribution in [0.5, 0.6) is 5.75 Å². The van der Waals surface area contributed by atoms with Crippen LogP contribution in [0.4, 0.5) is 4.39 Å². The van der Waals surface area contributed by atoms with Crippen LogP contribution < -0.4 is 4.74 Å². The Morgan fingerprint density at radius 2 is 2.00 bits per heavy atom. The van der Waals surface area contributed by atoms with Crippen LogP contribution in [0.3, 0.4) is 0 Å². The lowest BCUT2D eigenvalue weighted by Crippen LogP contribution is -2.35. The molecule has 0 amide bonds.